The van der Waals surface area contributed by atoms with Crippen LogP contribution in [-0.4, -0.2) is 23.8 Å². The van der Waals surface area contributed by atoms with Gasteiger partial charge in [0, 0.05) is 0 Å². The number of aliphatic hydroxyl groups is 1. The van der Waals surface area contributed by atoms with Gasteiger partial charge in [-0.3, -0.25) is 0 Å². The molecular weight excluding hydrogens is 138 g/mol. The van der Waals surface area contributed by atoms with Crippen LogP contribution in [0, 0.1) is 0 Å². The third kappa shape index (κ3) is 6.07. The predicted octanol–water partition coefficient (Wildman–Crippen LogP) is 1.31. The molecule has 0 rings (SSSR count). The first-order valence-corrected chi connectivity index (χ1v) is 4.16. The number of nitrogens with one attached hydrogen (secondary N) is 1. The van der Waals surface area contributed by atoms with Crippen LogP contribution in [0.3, 0.4) is 0 Å². The Morgan fingerprint density at radius 3 is 2.73 bits per heavy atom. The van der Waals surface area contributed by atoms with Crippen LogP contribution < -0.4 is 5.32 Å². The molecule has 0 fully saturated rings. The lowest BCUT2D eigenvalue weighted by Crippen LogP contribution is -2.29. The van der Waals surface area contributed by atoms with Gasteiger partial charge >= 0.3 is 0 Å². The summed E-state index contributed by atoms with van der Waals surface area (Å²) >= 11 is 0. The molecule has 0 aromatic carbocycles. The maximum Gasteiger partial charge on any atom is 0.0666 e. The lowest BCUT2D eigenvalue weighted by Gasteiger charge is -2.21. The van der Waals surface area contributed by atoms with Crippen molar-refractivity contribution in [2.45, 2.75) is 32.3 Å². The molecule has 66 valence electrons. The molecular formula is C9H19NO. The van der Waals surface area contributed by atoms with Crippen LogP contribution in [-0.2, 0) is 0 Å². The molecule has 0 bridgehead atoms. The van der Waals surface area contributed by atoms with E-state index in [2.05, 4.69) is 18.8 Å². The molecule has 0 heterocycles. The lowest BCUT2D eigenvalue weighted by atomic mass is 9.98. The van der Waals surface area contributed by atoms with E-state index in [-0.39, 0.29) is 0 Å². The standard InChI is InChI=1S/C9H19NO/c1-4-6-9(3,11)7-8-10-5-2/h4,10-11H,1,5-8H2,2-3H3. The van der Waals surface area contributed by atoms with E-state index >= 15 is 0 Å². The normalized spacial score (nSPS) is 15.9. The molecule has 0 aliphatic carbocycles. The molecule has 0 aliphatic rings. The van der Waals surface area contributed by atoms with Crippen LogP contribution in [0.25, 0.3) is 0 Å². The van der Waals surface area contributed by atoms with Crippen molar-refractivity contribution >= 4 is 0 Å². The minimum atomic E-state index is -0.579. The summed E-state index contributed by atoms with van der Waals surface area (Å²) in [6, 6.07) is 0. The number of hydrogen-bond acceptors (Lipinski definition) is 2. The lowest BCUT2D eigenvalue weighted by molar-refractivity contribution is 0.0545. The molecule has 0 radical (unpaired) electrons. The van der Waals surface area contributed by atoms with Crippen LogP contribution in [0.15, 0.2) is 12.7 Å². The maximum atomic E-state index is 9.63. The van der Waals surface area contributed by atoms with Gasteiger partial charge in [-0.25, -0.2) is 0 Å². The summed E-state index contributed by atoms with van der Waals surface area (Å²) in [5, 5.41) is 12.8. The van der Waals surface area contributed by atoms with Gasteiger partial charge < -0.3 is 10.4 Å². The van der Waals surface area contributed by atoms with Gasteiger partial charge in [-0.05, 0) is 32.9 Å². The summed E-state index contributed by atoms with van der Waals surface area (Å²) in [6.07, 6.45) is 3.21. The van der Waals surface area contributed by atoms with E-state index in [4.69, 9.17) is 0 Å². The minimum absolute atomic E-state index is 0.579. The van der Waals surface area contributed by atoms with Crippen molar-refractivity contribution in [1.29, 1.82) is 0 Å². The molecule has 11 heavy (non-hydrogen) atoms. The second kappa shape index (κ2) is 5.33. The molecule has 0 saturated heterocycles. The Labute approximate surface area is 69.3 Å². The molecule has 1 unspecified atom stereocenters. The van der Waals surface area contributed by atoms with E-state index in [0.29, 0.717) is 6.42 Å². The second-order valence-electron chi connectivity index (χ2n) is 3.09. The molecule has 1 atom stereocenters. The van der Waals surface area contributed by atoms with E-state index in [1.54, 1.807) is 6.08 Å². The van der Waals surface area contributed by atoms with E-state index in [9.17, 15) is 5.11 Å². The summed E-state index contributed by atoms with van der Waals surface area (Å²) in [5.41, 5.74) is -0.579. The van der Waals surface area contributed by atoms with Crippen molar-refractivity contribution in [2.24, 2.45) is 0 Å². The summed E-state index contributed by atoms with van der Waals surface area (Å²) < 4.78 is 0. The van der Waals surface area contributed by atoms with Gasteiger partial charge in [-0.1, -0.05) is 13.0 Å². The van der Waals surface area contributed by atoms with Gasteiger partial charge in [0.15, 0.2) is 0 Å². The third-order valence-electron chi connectivity index (χ3n) is 1.67. The van der Waals surface area contributed by atoms with Crippen LogP contribution in [0.5, 0.6) is 0 Å². The van der Waals surface area contributed by atoms with Crippen LogP contribution in [0.4, 0.5) is 0 Å². The quantitative estimate of drug-likeness (QED) is 0.450. The highest BCUT2D eigenvalue weighted by Crippen LogP contribution is 2.13. The number of rotatable bonds is 6. The third-order valence-corrected chi connectivity index (χ3v) is 1.67. The fraction of sp³-hybridized carbons (Fsp3) is 0.778. The van der Waals surface area contributed by atoms with Crippen LogP contribution in [0.1, 0.15) is 26.7 Å². The summed E-state index contributed by atoms with van der Waals surface area (Å²) in [4.78, 5) is 0. The topological polar surface area (TPSA) is 32.3 Å². The highest BCUT2D eigenvalue weighted by Gasteiger charge is 2.16. The molecule has 2 N–H and O–H groups in total. The average molecular weight is 157 g/mol. The van der Waals surface area contributed by atoms with Gasteiger partial charge in [-0.2, -0.15) is 0 Å². The first kappa shape index (κ1) is 10.7. The molecule has 0 aromatic rings. The highest BCUT2D eigenvalue weighted by molar-refractivity contribution is 4.82. The van der Waals surface area contributed by atoms with E-state index in [1.165, 1.54) is 0 Å². The van der Waals surface area contributed by atoms with E-state index in [1.807, 2.05) is 6.92 Å². The van der Waals surface area contributed by atoms with Gasteiger partial charge in [-0.15, -0.1) is 6.58 Å². The van der Waals surface area contributed by atoms with Crippen molar-refractivity contribution in [3.05, 3.63) is 12.7 Å². The smallest absolute Gasteiger partial charge is 0.0666 e. The molecule has 0 spiro atoms. The second-order valence-corrected chi connectivity index (χ2v) is 3.09. The fourth-order valence-corrected chi connectivity index (χ4v) is 0.947. The Morgan fingerprint density at radius 1 is 1.64 bits per heavy atom. The van der Waals surface area contributed by atoms with Crippen LogP contribution >= 0.6 is 0 Å². The zero-order valence-corrected chi connectivity index (χ0v) is 7.56. The Kier molecular flexibility index (Phi) is 5.16. The molecule has 2 heteroatoms. The first-order chi connectivity index (χ1) is 5.12. The van der Waals surface area contributed by atoms with Gasteiger partial charge in [0.25, 0.3) is 0 Å². The minimum Gasteiger partial charge on any atom is -0.390 e. The van der Waals surface area contributed by atoms with Gasteiger partial charge in [0.05, 0.1) is 5.60 Å². The molecule has 0 aromatic heterocycles. The van der Waals surface area contributed by atoms with Crippen molar-refractivity contribution in [1.82, 2.24) is 5.32 Å². The maximum absolute atomic E-state index is 9.63. The Bertz CT molecular complexity index is 110. The summed E-state index contributed by atoms with van der Waals surface area (Å²) in [5.74, 6) is 0. The number of hydrogen-bond donors (Lipinski definition) is 2. The van der Waals surface area contributed by atoms with Gasteiger partial charge in [0.1, 0.15) is 0 Å². The van der Waals surface area contributed by atoms with Crippen molar-refractivity contribution in [2.75, 3.05) is 13.1 Å². The zero-order chi connectivity index (χ0) is 8.74. The van der Waals surface area contributed by atoms with Gasteiger partial charge in [0.2, 0.25) is 0 Å². The van der Waals surface area contributed by atoms with Crippen molar-refractivity contribution in [3.8, 4) is 0 Å². The molecule has 2 nitrogen and oxygen atoms in total. The zero-order valence-electron chi connectivity index (χ0n) is 7.56. The fourth-order valence-electron chi connectivity index (χ4n) is 0.947. The molecule has 0 aliphatic heterocycles. The molecule has 0 saturated carbocycles. The summed E-state index contributed by atoms with van der Waals surface area (Å²) in [7, 11) is 0. The van der Waals surface area contributed by atoms with Crippen molar-refractivity contribution < 1.29 is 5.11 Å². The predicted molar refractivity (Wildman–Crippen MR) is 48.6 cm³/mol. The van der Waals surface area contributed by atoms with E-state index in [0.717, 1.165) is 19.5 Å². The SMILES string of the molecule is C=CCC(C)(O)CCNCC. The van der Waals surface area contributed by atoms with Crippen LogP contribution in [0.2, 0.25) is 0 Å². The largest absolute Gasteiger partial charge is 0.390 e. The molecule has 0 amide bonds. The first-order valence-electron chi connectivity index (χ1n) is 4.16. The average Bonchev–Trinajstić information content (AvgIpc) is 1.87. The Balaban J connectivity index is 3.45. The Hall–Kier alpha value is -0.340. The van der Waals surface area contributed by atoms with Crippen molar-refractivity contribution in [3.63, 3.8) is 0 Å². The summed E-state index contributed by atoms with van der Waals surface area (Å²) in [6.45, 7) is 9.33. The monoisotopic (exact) mass is 157 g/mol. The Morgan fingerprint density at radius 2 is 2.27 bits per heavy atom. The highest BCUT2D eigenvalue weighted by atomic mass is 16.3. The van der Waals surface area contributed by atoms with E-state index < -0.39 is 5.60 Å².